The summed E-state index contributed by atoms with van der Waals surface area (Å²) in [5, 5.41) is 4.84. The highest BCUT2D eigenvalue weighted by Crippen LogP contribution is 2.28. The van der Waals surface area contributed by atoms with Gasteiger partial charge in [-0.2, -0.15) is 0 Å². The van der Waals surface area contributed by atoms with E-state index in [1.54, 1.807) is 0 Å². The Morgan fingerprint density at radius 3 is 2.74 bits per heavy atom. The second kappa shape index (κ2) is 8.10. The van der Waals surface area contributed by atoms with Crippen LogP contribution in [-0.4, -0.2) is 40.5 Å². The zero-order valence-electron chi connectivity index (χ0n) is 15.9. The van der Waals surface area contributed by atoms with Crippen LogP contribution in [0.1, 0.15) is 25.3 Å². The topological polar surface area (TPSA) is 41.0 Å². The van der Waals surface area contributed by atoms with Gasteiger partial charge in [-0.15, -0.1) is 0 Å². The van der Waals surface area contributed by atoms with Gasteiger partial charge in [0.1, 0.15) is 5.82 Å². The van der Waals surface area contributed by atoms with Gasteiger partial charge in [0.25, 0.3) is 0 Å². The van der Waals surface area contributed by atoms with Gasteiger partial charge >= 0.3 is 0 Å². The summed E-state index contributed by atoms with van der Waals surface area (Å²) in [5.74, 6) is 1.74. The Hall–Kier alpha value is -1.73. The predicted octanol–water partition coefficient (Wildman–Crippen LogP) is 5.11. The Morgan fingerprint density at radius 2 is 1.96 bits per heavy atom. The fraction of sp³-hybridized carbons (Fsp3) is 0.364. The van der Waals surface area contributed by atoms with Crippen molar-refractivity contribution in [2.45, 2.75) is 32.7 Å². The molecule has 4 nitrogen and oxygen atoms in total. The van der Waals surface area contributed by atoms with Gasteiger partial charge in [0.05, 0.1) is 5.52 Å². The van der Waals surface area contributed by atoms with Crippen molar-refractivity contribution in [3.8, 4) is 11.4 Å². The van der Waals surface area contributed by atoms with Crippen molar-refractivity contribution in [2.24, 2.45) is 0 Å². The maximum absolute atomic E-state index is 4.94. The Kier molecular flexibility index (Phi) is 5.59. The molecular weight excluding hydrogens is 447 g/mol. The number of benzene rings is 2. The van der Waals surface area contributed by atoms with Crippen molar-refractivity contribution in [2.75, 3.05) is 25.0 Å². The van der Waals surface area contributed by atoms with Gasteiger partial charge in [0, 0.05) is 27.1 Å². The summed E-state index contributed by atoms with van der Waals surface area (Å²) in [5.41, 5.74) is 3.30. The van der Waals surface area contributed by atoms with Crippen LogP contribution in [0.25, 0.3) is 22.3 Å². The molecule has 2 heterocycles. The van der Waals surface area contributed by atoms with Crippen LogP contribution >= 0.6 is 22.6 Å². The molecule has 0 bridgehead atoms. The number of nitrogens with one attached hydrogen (secondary N) is 1. The summed E-state index contributed by atoms with van der Waals surface area (Å²) < 4.78 is 1.20. The standard InChI is InChI=1S/C22H25IN4/c1-3-27-12-4-5-18(14-27)24-22-19-13-17(23)10-11-20(19)25-21(26-22)16-8-6-15(2)7-9-16/h6-11,13,18H,3-5,12,14H2,1-2H3,(H,24,25,26). The van der Waals surface area contributed by atoms with Crippen LogP contribution < -0.4 is 5.32 Å². The van der Waals surface area contributed by atoms with Gasteiger partial charge in [-0.25, -0.2) is 9.97 Å². The zero-order chi connectivity index (χ0) is 18.8. The number of anilines is 1. The first-order chi connectivity index (χ1) is 13.1. The Balaban J connectivity index is 1.74. The van der Waals surface area contributed by atoms with Crippen molar-refractivity contribution in [3.63, 3.8) is 0 Å². The van der Waals surface area contributed by atoms with E-state index in [4.69, 9.17) is 9.97 Å². The summed E-state index contributed by atoms with van der Waals surface area (Å²) in [6.45, 7) is 7.72. The molecule has 1 aliphatic heterocycles. The maximum Gasteiger partial charge on any atom is 0.162 e. The molecule has 0 spiro atoms. The van der Waals surface area contributed by atoms with Crippen LogP contribution in [0.15, 0.2) is 42.5 Å². The molecule has 1 fully saturated rings. The number of piperidine rings is 1. The molecule has 1 aliphatic rings. The largest absolute Gasteiger partial charge is 0.365 e. The average molecular weight is 472 g/mol. The molecule has 0 saturated carbocycles. The molecule has 3 aromatic rings. The van der Waals surface area contributed by atoms with Crippen molar-refractivity contribution in [1.82, 2.24) is 14.9 Å². The summed E-state index contributed by atoms with van der Waals surface area (Å²) in [7, 11) is 0. The first-order valence-corrected chi connectivity index (χ1v) is 10.7. The third-order valence-electron chi connectivity index (χ3n) is 5.26. The number of rotatable bonds is 4. The third kappa shape index (κ3) is 4.24. The highest BCUT2D eigenvalue weighted by molar-refractivity contribution is 14.1. The lowest BCUT2D eigenvalue weighted by molar-refractivity contribution is 0.226. The Morgan fingerprint density at radius 1 is 1.15 bits per heavy atom. The molecule has 2 aromatic carbocycles. The molecule has 1 unspecified atom stereocenters. The molecule has 140 valence electrons. The number of fused-ring (bicyclic) bond motifs is 1. The summed E-state index contributed by atoms with van der Waals surface area (Å²) in [4.78, 5) is 12.3. The van der Waals surface area contributed by atoms with Gasteiger partial charge < -0.3 is 10.2 Å². The number of likely N-dealkylation sites (tertiary alicyclic amines) is 1. The molecule has 0 radical (unpaired) electrons. The minimum absolute atomic E-state index is 0.431. The minimum atomic E-state index is 0.431. The molecule has 1 aromatic heterocycles. The molecule has 5 heteroatoms. The normalized spacial score (nSPS) is 18.0. The zero-order valence-corrected chi connectivity index (χ0v) is 18.0. The number of hydrogen-bond acceptors (Lipinski definition) is 4. The highest BCUT2D eigenvalue weighted by Gasteiger charge is 2.20. The van der Waals surface area contributed by atoms with E-state index in [-0.39, 0.29) is 0 Å². The number of halogens is 1. The minimum Gasteiger partial charge on any atom is -0.365 e. The Bertz CT molecular complexity index is 939. The van der Waals surface area contributed by atoms with Crippen molar-refractivity contribution >= 4 is 39.3 Å². The summed E-state index contributed by atoms with van der Waals surface area (Å²) >= 11 is 2.36. The van der Waals surface area contributed by atoms with E-state index in [0.717, 1.165) is 41.2 Å². The molecule has 0 aliphatic carbocycles. The van der Waals surface area contributed by atoms with E-state index in [2.05, 4.69) is 89.1 Å². The van der Waals surface area contributed by atoms with Crippen molar-refractivity contribution in [3.05, 3.63) is 51.6 Å². The first-order valence-electron chi connectivity index (χ1n) is 9.65. The molecule has 1 saturated heterocycles. The molecule has 27 heavy (non-hydrogen) atoms. The summed E-state index contributed by atoms with van der Waals surface area (Å²) in [6, 6.07) is 15.3. The average Bonchev–Trinajstić information content (AvgIpc) is 2.69. The highest BCUT2D eigenvalue weighted by atomic mass is 127. The van der Waals surface area contributed by atoms with E-state index in [9.17, 15) is 0 Å². The third-order valence-corrected chi connectivity index (χ3v) is 5.93. The monoisotopic (exact) mass is 472 g/mol. The number of likely N-dealkylation sites (N-methyl/N-ethyl adjacent to an activating group) is 1. The first kappa shape index (κ1) is 18.6. The molecule has 1 N–H and O–H groups in total. The van der Waals surface area contributed by atoms with Crippen LogP contribution in [0.4, 0.5) is 5.82 Å². The van der Waals surface area contributed by atoms with Crippen molar-refractivity contribution < 1.29 is 0 Å². The van der Waals surface area contributed by atoms with Gasteiger partial charge in [0.2, 0.25) is 0 Å². The van der Waals surface area contributed by atoms with E-state index < -0.39 is 0 Å². The van der Waals surface area contributed by atoms with Gasteiger partial charge in [0.15, 0.2) is 5.82 Å². The van der Waals surface area contributed by atoms with E-state index >= 15 is 0 Å². The van der Waals surface area contributed by atoms with Crippen LogP contribution in [-0.2, 0) is 0 Å². The lowest BCUT2D eigenvalue weighted by Crippen LogP contribution is -2.42. The lowest BCUT2D eigenvalue weighted by atomic mass is 10.1. The lowest BCUT2D eigenvalue weighted by Gasteiger charge is -2.32. The fourth-order valence-electron chi connectivity index (χ4n) is 3.70. The molecule has 0 amide bonds. The number of aromatic nitrogens is 2. The summed E-state index contributed by atoms with van der Waals surface area (Å²) in [6.07, 6.45) is 2.42. The van der Waals surface area contributed by atoms with Gasteiger partial charge in [-0.05, 0) is 73.6 Å². The molecule has 1 atom stereocenters. The fourth-order valence-corrected chi connectivity index (χ4v) is 4.19. The van der Waals surface area contributed by atoms with Crippen molar-refractivity contribution in [1.29, 1.82) is 0 Å². The number of hydrogen-bond donors (Lipinski definition) is 1. The van der Waals surface area contributed by atoms with E-state index in [1.807, 2.05) is 0 Å². The second-order valence-electron chi connectivity index (χ2n) is 7.30. The quantitative estimate of drug-likeness (QED) is 0.537. The van der Waals surface area contributed by atoms with Crippen LogP contribution in [0, 0.1) is 10.5 Å². The van der Waals surface area contributed by atoms with Crippen LogP contribution in [0.2, 0.25) is 0 Å². The Labute approximate surface area is 174 Å². The predicted molar refractivity (Wildman–Crippen MR) is 121 cm³/mol. The second-order valence-corrected chi connectivity index (χ2v) is 8.55. The van der Waals surface area contributed by atoms with E-state index in [1.165, 1.54) is 28.5 Å². The van der Waals surface area contributed by atoms with Crippen LogP contribution in [0.3, 0.4) is 0 Å². The van der Waals surface area contributed by atoms with Crippen LogP contribution in [0.5, 0.6) is 0 Å². The number of aryl methyl sites for hydroxylation is 1. The van der Waals surface area contributed by atoms with Gasteiger partial charge in [-0.3, -0.25) is 0 Å². The SMILES string of the molecule is CCN1CCCC(Nc2nc(-c3ccc(C)cc3)nc3ccc(I)cc23)C1. The molecular formula is C22H25IN4. The van der Waals surface area contributed by atoms with Gasteiger partial charge in [-0.1, -0.05) is 36.8 Å². The smallest absolute Gasteiger partial charge is 0.162 e. The number of nitrogens with zero attached hydrogens (tertiary/aromatic N) is 3. The molecule has 4 rings (SSSR count). The maximum atomic E-state index is 4.94. The van der Waals surface area contributed by atoms with E-state index in [0.29, 0.717) is 6.04 Å².